The Balaban J connectivity index is 2.49. The molecule has 0 aliphatic heterocycles. The molecule has 1 aromatic rings. The maximum Gasteiger partial charge on any atom is 0.0346 e. The van der Waals surface area contributed by atoms with Crippen molar-refractivity contribution in [1.82, 2.24) is 0 Å². The molecular weight excluding hydrogens is 146 g/mol. The van der Waals surface area contributed by atoms with Gasteiger partial charge in [-0.3, -0.25) is 0 Å². The van der Waals surface area contributed by atoms with Crippen molar-refractivity contribution >= 4 is 5.69 Å². The minimum absolute atomic E-state index is 0.954. The van der Waals surface area contributed by atoms with E-state index in [-0.39, 0.29) is 0 Å². The van der Waals surface area contributed by atoms with E-state index in [1.807, 2.05) is 0 Å². The first-order valence-corrected chi connectivity index (χ1v) is 4.65. The van der Waals surface area contributed by atoms with E-state index in [2.05, 4.69) is 19.1 Å². The van der Waals surface area contributed by atoms with E-state index in [1.165, 1.54) is 42.4 Å². The van der Waals surface area contributed by atoms with Gasteiger partial charge in [-0.25, -0.2) is 0 Å². The number of nitrogen functional groups attached to an aromatic ring is 1. The van der Waals surface area contributed by atoms with Crippen LogP contribution in [0.25, 0.3) is 0 Å². The molecule has 0 aromatic heterocycles. The number of rotatable bonds is 0. The molecule has 0 atom stereocenters. The second-order valence-electron chi connectivity index (χ2n) is 3.68. The van der Waals surface area contributed by atoms with E-state index in [9.17, 15) is 0 Å². The van der Waals surface area contributed by atoms with Gasteiger partial charge in [-0.15, -0.1) is 0 Å². The van der Waals surface area contributed by atoms with Gasteiger partial charge in [0.1, 0.15) is 0 Å². The van der Waals surface area contributed by atoms with Gasteiger partial charge >= 0.3 is 0 Å². The van der Waals surface area contributed by atoms with E-state index in [0.717, 1.165) is 5.69 Å². The molecule has 1 aromatic carbocycles. The summed E-state index contributed by atoms with van der Waals surface area (Å²) >= 11 is 0. The molecule has 12 heavy (non-hydrogen) atoms. The van der Waals surface area contributed by atoms with Gasteiger partial charge < -0.3 is 5.73 Å². The van der Waals surface area contributed by atoms with Gasteiger partial charge in [0.15, 0.2) is 0 Å². The van der Waals surface area contributed by atoms with E-state index in [0.29, 0.717) is 0 Å². The molecule has 64 valence electrons. The molecule has 0 heterocycles. The van der Waals surface area contributed by atoms with Gasteiger partial charge in [-0.1, -0.05) is 6.07 Å². The van der Waals surface area contributed by atoms with Crippen LogP contribution in [0.3, 0.4) is 0 Å². The SMILES string of the molecule is Cc1cc2c(cc1N)CCCC2. The van der Waals surface area contributed by atoms with Gasteiger partial charge in [-0.2, -0.15) is 0 Å². The lowest BCUT2D eigenvalue weighted by Gasteiger charge is -2.17. The number of fused-ring (bicyclic) bond motifs is 1. The Labute approximate surface area is 73.6 Å². The van der Waals surface area contributed by atoms with Crippen molar-refractivity contribution in [2.75, 3.05) is 5.73 Å². The maximum absolute atomic E-state index is 5.84. The standard InChI is InChI=1S/C11H15N/c1-8-6-9-4-2-3-5-10(9)7-11(8)12/h6-7H,2-5,12H2,1H3. The van der Waals surface area contributed by atoms with Crippen molar-refractivity contribution in [2.24, 2.45) is 0 Å². The molecule has 0 bridgehead atoms. The van der Waals surface area contributed by atoms with E-state index in [4.69, 9.17) is 5.73 Å². The number of hydrogen-bond acceptors (Lipinski definition) is 1. The first-order valence-electron chi connectivity index (χ1n) is 4.65. The molecule has 0 fully saturated rings. The average molecular weight is 161 g/mol. The maximum atomic E-state index is 5.84. The fraction of sp³-hybridized carbons (Fsp3) is 0.455. The second-order valence-corrected chi connectivity index (χ2v) is 3.68. The first kappa shape index (κ1) is 7.66. The zero-order valence-electron chi connectivity index (χ0n) is 7.56. The highest BCUT2D eigenvalue weighted by atomic mass is 14.6. The largest absolute Gasteiger partial charge is 0.399 e. The van der Waals surface area contributed by atoms with Crippen LogP contribution in [0.15, 0.2) is 12.1 Å². The fourth-order valence-electron chi connectivity index (χ4n) is 1.93. The van der Waals surface area contributed by atoms with Crippen molar-refractivity contribution in [3.8, 4) is 0 Å². The zero-order valence-corrected chi connectivity index (χ0v) is 7.56. The molecule has 2 rings (SSSR count). The van der Waals surface area contributed by atoms with E-state index >= 15 is 0 Å². The van der Waals surface area contributed by atoms with Crippen molar-refractivity contribution in [3.63, 3.8) is 0 Å². The van der Waals surface area contributed by atoms with Gasteiger partial charge in [0.25, 0.3) is 0 Å². The predicted octanol–water partition coefficient (Wildman–Crippen LogP) is 2.46. The van der Waals surface area contributed by atoms with Gasteiger partial charge in [-0.05, 0) is 55.4 Å². The monoisotopic (exact) mass is 161 g/mol. The molecule has 1 nitrogen and oxygen atoms in total. The van der Waals surface area contributed by atoms with Crippen molar-refractivity contribution < 1.29 is 0 Å². The Kier molecular flexibility index (Phi) is 1.80. The topological polar surface area (TPSA) is 26.0 Å². The van der Waals surface area contributed by atoms with Crippen LogP contribution in [0.5, 0.6) is 0 Å². The molecule has 0 spiro atoms. The first-order chi connectivity index (χ1) is 5.77. The molecule has 2 N–H and O–H groups in total. The summed E-state index contributed by atoms with van der Waals surface area (Å²) in [6.07, 6.45) is 5.14. The number of hydrogen-bond donors (Lipinski definition) is 1. The Morgan fingerprint density at radius 3 is 2.33 bits per heavy atom. The minimum atomic E-state index is 0.954. The third-order valence-corrected chi connectivity index (χ3v) is 2.73. The summed E-state index contributed by atoms with van der Waals surface area (Å²) in [6.45, 7) is 2.09. The number of aryl methyl sites for hydroxylation is 3. The fourth-order valence-corrected chi connectivity index (χ4v) is 1.93. The molecule has 0 saturated heterocycles. The summed E-state index contributed by atoms with van der Waals surface area (Å²) in [6, 6.07) is 4.41. The molecule has 0 amide bonds. The van der Waals surface area contributed by atoms with Crippen LogP contribution in [0.4, 0.5) is 5.69 Å². The minimum Gasteiger partial charge on any atom is -0.399 e. The summed E-state index contributed by atoms with van der Waals surface area (Å²) < 4.78 is 0. The highest BCUT2D eigenvalue weighted by molar-refractivity contribution is 5.52. The Bertz CT molecular complexity index is 271. The number of anilines is 1. The molecule has 1 aliphatic rings. The van der Waals surface area contributed by atoms with Crippen LogP contribution in [0, 0.1) is 6.92 Å². The van der Waals surface area contributed by atoms with Crippen LogP contribution >= 0.6 is 0 Å². The summed E-state index contributed by atoms with van der Waals surface area (Å²) in [7, 11) is 0. The third-order valence-electron chi connectivity index (χ3n) is 2.73. The summed E-state index contributed by atoms with van der Waals surface area (Å²) in [5, 5.41) is 0. The lowest BCUT2D eigenvalue weighted by Crippen LogP contribution is -2.04. The Hall–Kier alpha value is -0.980. The smallest absolute Gasteiger partial charge is 0.0346 e. The van der Waals surface area contributed by atoms with Crippen LogP contribution in [-0.4, -0.2) is 0 Å². The number of benzene rings is 1. The van der Waals surface area contributed by atoms with Gasteiger partial charge in [0.2, 0.25) is 0 Å². The normalized spacial score (nSPS) is 15.8. The highest BCUT2D eigenvalue weighted by Gasteiger charge is 2.09. The Morgan fingerprint density at radius 1 is 1.08 bits per heavy atom. The van der Waals surface area contributed by atoms with Gasteiger partial charge in [0, 0.05) is 5.69 Å². The van der Waals surface area contributed by atoms with E-state index < -0.39 is 0 Å². The molecule has 1 aliphatic carbocycles. The predicted molar refractivity (Wildman–Crippen MR) is 52.2 cm³/mol. The molecule has 1 heteroatoms. The lowest BCUT2D eigenvalue weighted by molar-refractivity contribution is 0.685. The second kappa shape index (κ2) is 2.81. The molecule has 0 unspecified atom stereocenters. The van der Waals surface area contributed by atoms with Crippen molar-refractivity contribution in [3.05, 3.63) is 28.8 Å². The number of nitrogens with two attached hydrogens (primary N) is 1. The summed E-state index contributed by atoms with van der Waals surface area (Å²) in [5.41, 5.74) is 11.0. The zero-order chi connectivity index (χ0) is 8.55. The van der Waals surface area contributed by atoms with Crippen LogP contribution in [0.1, 0.15) is 29.5 Å². The van der Waals surface area contributed by atoms with E-state index in [1.54, 1.807) is 0 Å². The van der Waals surface area contributed by atoms with Crippen molar-refractivity contribution in [1.29, 1.82) is 0 Å². The van der Waals surface area contributed by atoms with Crippen LogP contribution in [0.2, 0.25) is 0 Å². The molecular formula is C11H15N. The Morgan fingerprint density at radius 2 is 1.67 bits per heavy atom. The van der Waals surface area contributed by atoms with Crippen molar-refractivity contribution in [2.45, 2.75) is 32.6 Å². The quantitative estimate of drug-likeness (QED) is 0.581. The highest BCUT2D eigenvalue weighted by Crippen LogP contribution is 2.25. The van der Waals surface area contributed by atoms with Crippen LogP contribution < -0.4 is 5.73 Å². The third kappa shape index (κ3) is 1.20. The summed E-state index contributed by atoms with van der Waals surface area (Å²) in [4.78, 5) is 0. The van der Waals surface area contributed by atoms with Gasteiger partial charge in [0.05, 0.1) is 0 Å². The lowest BCUT2D eigenvalue weighted by atomic mass is 9.90. The average Bonchev–Trinajstić information content (AvgIpc) is 2.07. The summed E-state index contributed by atoms with van der Waals surface area (Å²) in [5.74, 6) is 0. The molecule has 0 radical (unpaired) electrons. The van der Waals surface area contributed by atoms with Crippen LogP contribution in [-0.2, 0) is 12.8 Å². The molecule has 0 saturated carbocycles.